The summed E-state index contributed by atoms with van der Waals surface area (Å²) < 4.78 is 6.04. The maximum atomic E-state index is 9.87. The van der Waals surface area contributed by atoms with E-state index in [4.69, 9.17) is 4.74 Å². The summed E-state index contributed by atoms with van der Waals surface area (Å²) in [5, 5.41) is 12.0. The number of hydrogen-bond donors (Lipinski definition) is 1. The molecular formula is C19H27NO2S. The fraction of sp³-hybridized carbons (Fsp3) is 0.474. The third-order valence-electron chi connectivity index (χ3n) is 4.22. The predicted molar refractivity (Wildman–Crippen MR) is 98.1 cm³/mol. The fourth-order valence-electron chi connectivity index (χ4n) is 2.85. The zero-order valence-corrected chi connectivity index (χ0v) is 15.1. The van der Waals surface area contributed by atoms with Crippen LogP contribution < -0.4 is 0 Å². The van der Waals surface area contributed by atoms with Gasteiger partial charge in [-0.3, -0.25) is 0 Å². The molecule has 23 heavy (non-hydrogen) atoms. The van der Waals surface area contributed by atoms with Gasteiger partial charge in [-0.2, -0.15) is 0 Å². The van der Waals surface area contributed by atoms with Gasteiger partial charge < -0.3 is 14.7 Å². The van der Waals surface area contributed by atoms with Crippen molar-refractivity contribution in [2.75, 3.05) is 32.8 Å². The molecule has 0 fully saturated rings. The van der Waals surface area contributed by atoms with Crippen LogP contribution in [-0.4, -0.2) is 42.9 Å². The monoisotopic (exact) mass is 333 g/mol. The Morgan fingerprint density at radius 1 is 1.17 bits per heavy atom. The van der Waals surface area contributed by atoms with Crippen LogP contribution in [0.2, 0.25) is 0 Å². The molecule has 0 bridgehead atoms. The second-order valence-electron chi connectivity index (χ2n) is 5.58. The summed E-state index contributed by atoms with van der Waals surface area (Å²) in [5.74, 6) is 0. The molecule has 0 saturated heterocycles. The van der Waals surface area contributed by atoms with Crippen molar-refractivity contribution in [3.8, 4) is 10.4 Å². The van der Waals surface area contributed by atoms with Crippen LogP contribution in [0.15, 0.2) is 35.7 Å². The van der Waals surface area contributed by atoms with Gasteiger partial charge in [-0.1, -0.05) is 38.1 Å². The van der Waals surface area contributed by atoms with Crippen molar-refractivity contribution in [3.05, 3.63) is 46.8 Å². The highest BCUT2D eigenvalue weighted by atomic mass is 32.1. The van der Waals surface area contributed by atoms with Gasteiger partial charge >= 0.3 is 0 Å². The Labute approximate surface area is 143 Å². The lowest BCUT2D eigenvalue weighted by Crippen LogP contribution is -2.28. The molecule has 1 aromatic carbocycles. The molecule has 0 saturated carbocycles. The van der Waals surface area contributed by atoms with Crippen molar-refractivity contribution in [1.82, 2.24) is 4.90 Å². The van der Waals surface area contributed by atoms with Gasteiger partial charge in [-0.15, -0.1) is 11.3 Å². The molecule has 0 amide bonds. The van der Waals surface area contributed by atoms with Gasteiger partial charge in [0.25, 0.3) is 0 Å². The van der Waals surface area contributed by atoms with E-state index in [1.807, 2.05) is 0 Å². The Morgan fingerprint density at radius 2 is 1.96 bits per heavy atom. The van der Waals surface area contributed by atoms with Gasteiger partial charge in [0.15, 0.2) is 0 Å². The molecule has 3 nitrogen and oxygen atoms in total. The molecule has 1 N–H and O–H groups in total. The molecule has 0 aliphatic carbocycles. The number of thiophene rings is 1. The van der Waals surface area contributed by atoms with Crippen molar-refractivity contribution in [2.24, 2.45) is 0 Å². The first-order chi connectivity index (χ1) is 11.2. The maximum Gasteiger partial charge on any atom is 0.106 e. The Hall–Kier alpha value is -1.20. The van der Waals surface area contributed by atoms with Crippen molar-refractivity contribution < 1.29 is 9.84 Å². The van der Waals surface area contributed by atoms with Crippen LogP contribution in [-0.2, 0) is 4.74 Å². The third kappa shape index (κ3) is 4.64. The number of aliphatic hydroxyl groups excluding tert-OH is 1. The summed E-state index contributed by atoms with van der Waals surface area (Å²) in [6.07, 6.45) is -0.274. The Bertz CT molecular complexity index is 579. The van der Waals surface area contributed by atoms with Crippen molar-refractivity contribution in [2.45, 2.75) is 26.9 Å². The zero-order chi connectivity index (χ0) is 16.7. The van der Waals surface area contributed by atoms with E-state index in [-0.39, 0.29) is 12.7 Å². The van der Waals surface area contributed by atoms with Crippen LogP contribution in [0.3, 0.4) is 0 Å². The number of aliphatic hydroxyl groups is 1. The van der Waals surface area contributed by atoms with Crippen LogP contribution in [0, 0.1) is 6.92 Å². The second-order valence-corrected chi connectivity index (χ2v) is 6.53. The molecule has 0 aliphatic rings. The van der Waals surface area contributed by atoms with Crippen molar-refractivity contribution >= 4 is 11.3 Å². The quantitative estimate of drug-likeness (QED) is 0.749. The first kappa shape index (κ1) is 18.1. The molecule has 1 unspecified atom stereocenters. The molecule has 1 aromatic heterocycles. The zero-order valence-electron chi connectivity index (χ0n) is 14.3. The first-order valence-electron chi connectivity index (χ1n) is 8.29. The van der Waals surface area contributed by atoms with Crippen LogP contribution in [0.5, 0.6) is 0 Å². The van der Waals surface area contributed by atoms with Crippen LogP contribution in [0.25, 0.3) is 10.4 Å². The van der Waals surface area contributed by atoms with Crippen molar-refractivity contribution in [3.63, 3.8) is 0 Å². The topological polar surface area (TPSA) is 32.7 Å². The average molecular weight is 333 g/mol. The molecule has 4 heteroatoms. The summed E-state index contributed by atoms with van der Waals surface area (Å²) in [7, 11) is 0. The van der Waals surface area contributed by atoms with Crippen LogP contribution in [0.1, 0.15) is 31.1 Å². The van der Waals surface area contributed by atoms with E-state index in [9.17, 15) is 5.11 Å². The van der Waals surface area contributed by atoms with E-state index in [2.05, 4.69) is 61.4 Å². The minimum Gasteiger partial charge on any atom is -0.393 e. The molecule has 126 valence electrons. The smallest absolute Gasteiger partial charge is 0.106 e. The average Bonchev–Trinajstić information content (AvgIpc) is 3.10. The molecule has 0 spiro atoms. The summed E-state index contributed by atoms with van der Waals surface area (Å²) in [6, 6.07) is 10.4. The largest absolute Gasteiger partial charge is 0.393 e. The fourth-order valence-corrected chi connectivity index (χ4v) is 3.61. The number of nitrogens with zero attached hydrogens (tertiary/aromatic N) is 1. The van der Waals surface area contributed by atoms with E-state index in [1.54, 1.807) is 11.3 Å². The summed E-state index contributed by atoms with van der Waals surface area (Å²) >= 11 is 1.72. The van der Waals surface area contributed by atoms with Gasteiger partial charge in [0.1, 0.15) is 6.10 Å². The summed E-state index contributed by atoms with van der Waals surface area (Å²) in [6.45, 7) is 9.97. The van der Waals surface area contributed by atoms with Gasteiger partial charge in [-0.05, 0) is 48.2 Å². The second kappa shape index (κ2) is 9.18. The summed E-state index contributed by atoms with van der Waals surface area (Å²) in [4.78, 5) is 3.54. The highest BCUT2D eigenvalue weighted by Gasteiger charge is 2.19. The van der Waals surface area contributed by atoms with Gasteiger partial charge in [0.2, 0.25) is 0 Å². The van der Waals surface area contributed by atoms with E-state index in [1.165, 1.54) is 10.4 Å². The molecule has 2 rings (SSSR count). The lowest BCUT2D eigenvalue weighted by atomic mass is 9.96. The lowest BCUT2D eigenvalue weighted by Gasteiger charge is -2.23. The SMILES string of the molecule is CCN(CC)CCOC(CO)c1c(C)cccc1-c1cccs1. The highest BCUT2D eigenvalue weighted by molar-refractivity contribution is 7.13. The lowest BCUT2D eigenvalue weighted by molar-refractivity contribution is 0.00259. The van der Waals surface area contributed by atoms with E-state index in [0.29, 0.717) is 6.61 Å². The molecular weight excluding hydrogens is 306 g/mol. The number of hydrogen-bond acceptors (Lipinski definition) is 4. The predicted octanol–water partition coefficient (Wildman–Crippen LogP) is 4.12. The normalized spacial score (nSPS) is 12.7. The number of rotatable bonds is 9. The van der Waals surface area contributed by atoms with E-state index < -0.39 is 0 Å². The molecule has 1 heterocycles. The van der Waals surface area contributed by atoms with E-state index >= 15 is 0 Å². The third-order valence-corrected chi connectivity index (χ3v) is 5.12. The maximum absolute atomic E-state index is 9.87. The molecule has 1 atom stereocenters. The number of aryl methyl sites for hydroxylation is 1. The van der Waals surface area contributed by atoms with Crippen LogP contribution >= 0.6 is 11.3 Å². The van der Waals surface area contributed by atoms with Gasteiger partial charge in [0, 0.05) is 11.4 Å². The molecule has 0 radical (unpaired) electrons. The van der Waals surface area contributed by atoms with Gasteiger partial charge in [-0.25, -0.2) is 0 Å². The molecule has 0 aliphatic heterocycles. The Balaban J connectivity index is 2.17. The number of ether oxygens (including phenoxy) is 1. The van der Waals surface area contributed by atoms with Gasteiger partial charge in [0.05, 0.1) is 13.2 Å². The van der Waals surface area contributed by atoms with E-state index in [0.717, 1.165) is 30.8 Å². The minimum absolute atomic E-state index is 0.00147. The standard InChI is InChI=1S/C19H27NO2S/c1-4-20(5-2)11-12-22-17(14-21)19-15(3)8-6-9-16(19)18-10-7-13-23-18/h6-10,13,17,21H,4-5,11-12,14H2,1-3H3. The van der Waals surface area contributed by atoms with Crippen molar-refractivity contribution in [1.29, 1.82) is 0 Å². The minimum atomic E-state index is -0.274. The highest BCUT2D eigenvalue weighted by Crippen LogP contribution is 2.34. The Kier molecular flexibility index (Phi) is 7.24. The first-order valence-corrected chi connectivity index (χ1v) is 9.17. The number of benzene rings is 1. The van der Waals surface area contributed by atoms with Crippen LogP contribution in [0.4, 0.5) is 0 Å². The number of likely N-dealkylation sites (N-methyl/N-ethyl adjacent to an activating group) is 1. The molecule has 2 aromatic rings. The Morgan fingerprint density at radius 3 is 2.57 bits per heavy atom. The summed E-state index contributed by atoms with van der Waals surface area (Å²) in [5.41, 5.74) is 3.44.